The molecule has 0 atom stereocenters. The van der Waals surface area contributed by atoms with Gasteiger partial charge in [0, 0.05) is 31.8 Å². The third-order valence-corrected chi connectivity index (χ3v) is 4.56. The minimum absolute atomic E-state index is 0.365. The molecule has 0 unspecified atom stereocenters. The zero-order valence-electron chi connectivity index (χ0n) is 13.1. The van der Waals surface area contributed by atoms with Crippen LogP contribution in [0.15, 0.2) is 0 Å². The van der Waals surface area contributed by atoms with E-state index in [9.17, 15) is 0 Å². The van der Waals surface area contributed by atoms with E-state index in [1.54, 1.807) is 0 Å². The Balaban J connectivity index is 1.93. The van der Waals surface area contributed by atoms with Gasteiger partial charge in [0.15, 0.2) is 0 Å². The number of nitrogens with zero attached hydrogens (tertiary/aromatic N) is 1. The molecule has 0 amide bonds. The van der Waals surface area contributed by atoms with Crippen LogP contribution in [-0.2, 0) is 4.74 Å². The summed E-state index contributed by atoms with van der Waals surface area (Å²) in [6.07, 6.45) is 6.57. The van der Waals surface area contributed by atoms with Gasteiger partial charge < -0.3 is 10.1 Å². The van der Waals surface area contributed by atoms with Crippen LogP contribution < -0.4 is 5.32 Å². The van der Waals surface area contributed by atoms with Crippen molar-refractivity contribution in [2.24, 2.45) is 5.41 Å². The van der Waals surface area contributed by atoms with Crippen LogP contribution >= 0.6 is 0 Å². The van der Waals surface area contributed by atoms with Crippen molar-refractivity contribution in [3.05, 3.63) is 0 Å². The van der Waals surface area contributed by atoms with Crippen LogP contribution in [-0.4, -0.2) is 49.8 Å². The van der Waals surface area contributed by atoms with Gasteiger partial charge in [0.1, 0.15) is 0 Å². The predicted molar refractivity (Wildman–Crippen MR) is 80.5 cm³/mol. The van der Waals surface area contributed by atoms with Gasteiger partial charge >= 0.3 is 0 Å². The predicted octanol–water partition coefficient (Wildman–Crippen LogP) is 2.66. The summed E-state index contributed by atoms with van der Waals surface area (Å²) >= 11 is 0. The molecule has 2 aliphatic rings. The Morgan fingerprint density at radius 3 is 2.26 bits per heavy atom. The number of ether oxygens (including phenoxy) is 1. The Morgan fingerprint density at radius 1 is 1.05 bits per heavy atom. The lowest BCUT2D eigenvalue weighted by molar-refractivity contribution is -0.0362. The smallest absolute Gasteiger partial charge is 0.0484 e. The first kappa shape index (κ1) is 15.3. The number of hydrogen-bond donors (Lipinski definition) is 1. The van der Waals surface area contributed by atoms with Gasteiger partial charge in [-0.05, 0) is 44.2 Å². The van der Waals surface area contributed by atoms with E-state index >= 15 is 0 Å². The fraction of sp³-hybridized carbons (Fsp3) is 1.00. The highest BCUT2D eigenvalue weighted by Gasteiger charge is 2.38. The van der Waals surface area contributed by atoms with Crippen LogP contribution in [0.3, 0.4) is 0 Å². The molecule has 19 heavy (non-hydrogen) atoms. The first-order valence-corrected chi connectivity index (χ1v) is 8.05. The molecule has 2 aliphatic heterocycles. The molecular formula is C16H32N2O. The van der Waals surface area contributed by atoms with Crippen molar-refractivity contribution in [2.45, 2.75) is 58.4 Å². The first-order valence-electron chi connectivity index (χ1n) is 8.05. The molecular weight excluding hydrogens is 236 g/mol. The van der Waals surface area contributed by atoms with E-state index in [4.69, 9.17) is 4.74 Å². The quantitative estimate of drug-likeness (QED) is 0.848. The largest absolute Gasteiger partial charge is 0.381 e. The van der Waals surface area contributed by atoms with Crippen molar-refractivity contribution < 1.29 is 4.74 Å². The van der Waals surface area contributed by atoms with Gasteiger partial charge in [0.2, 0.25) is 0 Å². The molecule has 1 N–H and O–H groups in total. The normalized spacial score (nSPS) is 25.4. The molecule has 112 valence electrons. The molecule has 2 saturated heterocycles. The van der Waals surface area contributed by atoms with Crippen LogP contribution in [0.25, 0.3) is 0 Å². The van der Waals surface area contributed by atoms with E-state index in [1.165, 1.54) is 45.2 Å². The Morgan fingerprint density at radius 2 is 1.68 bits per heavy atom. The molecule has 0 aromatic heterocycles. The van der Waals surface area contributed by atoms with Crippen LogP contribution in [0, 0.1) is 5.41 Å². The van der Waals surface area contributed by atoms with E-state index in [0.29, 0.717) is 11.0 Å². The number of nitrogens with one attached hydrogen (secondary N) is 1. The van der Waals surface area contributed by atoms with Gasteiger partial charge in [0.05, 0.1) is 0 Å². The standard InChI is InChI=1S/C16H32N2O/c1-15(2,3)13-17-14-16(7-11-19-12-8-16)18-9-5-4-6-10-18/h17H,4-14H2,1-3H3. The summed E-state index contributed by atoms with van der Waals surface area (Å²) in [4.78, 5) is 2.76. The topological polar surface area (TPSA) is 24.5 Å². The van der Waals surface area contributed by atoms with Gasteiger partial charge in [-0.1, -0.05) is 27.2 Å². The van der Waals surface area contributed by atoms with E-state index in [0.717, 1.165) is 26.3 Å². The maximum Gasteiger partial charge on any atom is 0.0484 e. The molecule has 0 radical (unpaired) electrons. The maximum atomic E-state index is 5.61. The Kier molecular flexibility index (Phi) is 5.27. The molecule has 2 heterocycles. The Labute approximate surface area is 119 Å². The average molecular weight is 268 g/mol. The van der Waals surface area contributed by atoms with Crippen molar-refractivity contribution in [1.82, 2.24) is 10.2 Å². The lowest BCUT2D eigenvalue weighted by Crippen LogP contribution is -2.59. The molecule has 3 nitrogen and oxygen atoms in total. The summed E-state index contributed by atoms with van der Waals surface area (Å²) in [5.41, 5.74) is 0.734. The molecule has 0 spiro atoms. The van der Waals surface area contributed by atoms with Gasteiger partial charge in [-0.3, -0.25) is 4.90 Å². The summed E-state index contributed by atoms with van der Waals surface area (Å²) < 4.78 is 5.61. The third kappa shape index (κ3) is 4.44. The van der Waals surface area contributed by atoms with Gasteiger partial charge in [0.25, 0.3) is 0 Å². The van der Waals surface area contributed by atoms with E-state index in [1.807, 2.05) is 0 Å². The molecule has 2 fully saturated rings. The lowest BCUT2D eigenvalue weighted by Gasteiger charge is -2.48. The Hall–Kier alpha value is -0.120. The summed E-state index contributed by atoms with van der Waals surface area (Å²) in [5, 5.41) is 3.74. The summed E-state index contributed by atoms with van der Waals surface area (Å²) in [7, 11) is 0. The molecule has 0 aliphatic carbocycles. The number of likely N-dealkylation sites (tertiary alicyclic amines) is 1. The minimum Gasteiger partial charge on any atom is -0.381 e. The SMILES string of the molecule is CC(C)(C)CNCC1(N2CCCCC2)CCOCC1. The second-order valence-electron chi connectivity index (χ2n) is 7.55. The highest BCUT2D eigenvalue weighted by molar-refractivity contribution is 4.95. The summed E-state index contributed by atoms with van der Waals surface area (Å²) in [5.74, 6) is 0. The van der Waals surface area contributed by atoms with E-state index < -0.39 is 0 Å². The fourth-order valence-corrected chi connectivity index (χ4v) is 3.39. The first-order chi connectivity index (χ1) is 9.02. The highest BCUT2D eigenvalue weighted by atomic mass is 16.5. The van der Waals surface area contributed by atoms with Crippen molar-refractivity contribution in [3.63, 3.8) is 0 Å². The maximum absolute atomic E-state index is 5.61. The second kappa shape index (κ2) is 6.55. The number of rotatable bonds is 4. The monoisotopic (exact) mass is 268 g/mol. The zero-order valence-corrected chi connectivity index (χ0v) is 13.1. The third-order valence-electron chi connectivity index (χ3n) is 4.56. The number of piperidine rings is 1. The lowest BCUT2D eigenvalue weighted by atomic mass is 9.85. The molecule has 0 bridgehead atoms. The van der Waals surface area contributed by atoms with Gasteiger partial charge in [-0.15, -0.1) is 0 Å². The van der Waals surface area contributed by atoms with Crippen molar-refractivity contribution in [3.8, 4) is 0 Å². The van der Waals surface area contributed by atoms with Crippen LogP contribution in [0.2, 0.25) is 0 Å². The zero-order chi connectivity index (χ0) is 13.8. The summed E-state index contributed by atoms with van der Waals surface area (Å²) in [6, 6.07) is 0. The highest BCUT2D eigenvalue weighted by Crippen LogP contribution is 2.30. The Bertz CT molecular complexity index is 260. The van der Waals surface area contributed by atoms with Crippen molar-refractivity contribution in [2.75, 3.05) is 39.4 Å². The van der Waals surface area contributed by atoms with Gasteiger partial charge in [-0.2, -0.15) is 0 Å². The number of hydrogen-bond acceptors (Lipinski definition) is 3. The average Bonchev–Trinajstić information content (AvgIpc) is 2.39. The fourth-order valence-electron chi connectivity index (χ4n) is 3.39. The minimum atomic E-state index is 0.365. The van der Waals surface area contributed by atoms with Crippen LogP contribution in [0.4, 0.5) is 0 Å². The molecule has 3 heteroatoms. The van der Waals surface area contributed by atoms with Crippen molar-refractivity contribution >= 4 is 0 Å². The van der Waals surface area contributed by atoms with Gasteiger partial charge in [-0.25, -0.2) is 0 Å². The van der Waals surface area contributed by atoms with Crippen LogP contribution in [0.1, 0.15) is 52.9 Å². The molecule has 0 aromatic carbocycles. The summed E-state index contributed by atoms with van der Waals surface area (Å²) in [6.45, 7) is 13.6. The van der Waals surface area contributed by atoms with Crippen LogP contribution in [0.5, 0.6) is 0 Å². The molecule has 0 saturated carbocycles. The van der Waals surface area contributed by atoms with E-state index in [2.05, 4.69) is 31.0 Å². The molecule has 0 aromatic rings. The second-order valence-corrected chi connectivity index (χ2v) is 7.55. The molecule has 2 rings (SSSR count). The van der Waals surface area contributed by atoms with Crippen molar-refractivity contribution in [1.29, 1.82) is 0 Å². The van der Waals surface area contributed by atoms with E-state index in [-0.39, 0.29) is 0 Å².